The van der Waals surface area contributed by atoms with Gasteiger partial charge in [0.1, 0.15) is 5.75 Å². The highest BCUT2D eigenvalue weighted by Gasteiger charge is 2.14. The lowest BCUT2D eigenvalue weighted by Gasteiger charge is -2.26. The van der Waals surface area contributed by atoms with E-state index in [1.54, 1.807) is 7.11 Å². The molecule has 0 aromatic heterocycles. The van der Waals surface area contributed by atoms with Crippen molar-refractivity contribution in [3.8, 4) is 5.75 Å². The summed E-state index contributed by atoms with van der Waals surface area (Å²) in [5, 5.41) is 6.82. The van der Waals surface area contributed by atoms with Gasteiger partial charge in [-0.25, -0.2) is 0 Å². The molecular weight excluding hydrogens is 427 g/mol. The number of hydrogen-bond acceptors (Lipinski definition) is 3. The molecule has 1 aromatic carbocycles. The number of halogens is 1. The molecule has 1 rings (SSSR count). The minimum absolute atomic E-state index is 0. The molecule has 0 amide bonds. The Morgan fingerprint density at radius 3 is 2.28 bits per heavy atom. The number of nitrogens with zero attached hydrogens (tertiary/aromatic N) is 2. The van der Waals surface area contributed by atoms with Crippen LogP contribution in [-0.4, -0.2) is 52.2 Å². The molecule has 0 aliphatic rings. The van der Waals surface area contributed by atoms with Gasteiger partial charge in [0, 0.05) is 20.1 Å². The molecule has 0 aliphatic heterocycles. The number of guanidine groups is 1. The maximum Gasteiger partial charge on any atom is 0.191 e. The minimum atomic E-state index is 0. The summed E-state index contributed by atoms with van der Waals surface area (Å²) in [6.45, 7) is 6.25. The van der Waals surface area contributed by atoms with Gasteiger partial charge in [-0.15, -0.1) is 24.0 Å². The zero-order valence-corrected chi connectivity index (χ0v) is 18.8. The number of rotatable bonds is 9. The number of aliphatic imine (C=N–C) groups is 1. The lowest BCUT2D eigenvalue weighted by molar-refractivity contribution is 0.298. The third-order valence-corrected chi connectivity index (χ3v) is 4.06. The van der Waals surface area contributed by atoms with E-state index in [1.807, 2.05) is 19.2 Å². The predicted molar refractivity (Wildman–Crippen MR) is 118 cm³/mol. The molecule has 0 radical (unpaired) electrons. The highest BCUT2D eigenvalue weighted by Crippen LogP contribution is 2.20. The Balaban J connectivity index is 0.00000576. The van der Waals surface area contributed by atoms with Gasteiger partial charge >= 0.3 is 0 Å². The minimum Gasteiger partial charge on any atom is -0.497 e. The van der Waals surface area contributed by atoms with E-state index in [4.69, 9.17) is 4.74 Å². The zero-order chi connectivity index (χ0) is 17.9. The van der Waals surface area contributed by atoms with E-state index >= 15 is 0 Å². The number of ether oxygens (including phenoxy) is 1. The molecule has 0 heterocycles. The molecule has 25 heavy (non-hydrogen) atoms. The number of hydrogen-bond donors (Lipinski definition) is 2. The van der Waals surface area contributed by atoms with Crippen molar-refractivity contribution in [1.29, 1.82) is 0 Å². The number of likely N-dealkylation sites (N-methyl/N-ethyl adjacent to an activating group) is 1. The standard InChI is InChI=1S/C19H34N4O.HI/c1-15(2)8-7-13-21-19(20-3)22-14-18(23(4)5)16-9-11-17(24-6)12-10-16;/h9-12,15,18H,7-8,13-14H2,1-6H3,(H2,20,21,22);1H. The smallest absolute Gasteiger partial charge is 0.191 e. The molecule has 1 atom stereocenters. The van der Waals surface area contributed by atoms with Crippen LogP contribution in [0, 0.1) is 5.92 Å². The van der Waals surface area contributed by atoms with Gasteiger partial charge in [0.15, 0.2) is 5.96 Å². The van der Waals surface area contributed by atoms with Crippen molar-refractivity contribution >= 4 is 29.9 Å². The first-order valence-electron chi connectivity index (χ1n) is 8.72. The monoisotopic (exact) mass is 462 g/mol. The molecule has 0 bridgehead atoms. The largest absolute Gasteiger partial charge is 0.497 e. The zero-order valence-electron chi connectivity index (χ0n) is 16.5. The second-order valence-electron chi connectivity index (χ2n) is 6.67. The average Bonchev–Trinajstić information content (AvgIpc) is 2.57. The van der Waals surface area contributed by atoms with Gasteiger partial charge < -0.3 is 20.3 Å². The van der Waals surface area contributed by atoms with E-state index < -0.39 is 0 Å². The van der Waals surface area contributed by atoms with Crippen molar-refractivity contribution in [2.24, 2.45) is 10.9 Å². The lowest BCUT2D eigenvalue weighted by Crippen LogP contribution is -2.42. The van der Waals surface area contributed by atoms with Crippen LogP contribution in [0.3, 0.4) is 0 Å². The van der Waals surface area contributed by atoms with Crippen molar-refractivity contribution in [2.75, 3.05) is 41.3 Å². The lowest BCUT2D eigenvalue weighted by atomic mass is 10.1. The Morgan fingerprint density at radius 2 is 1.80 bits per heavy atom. The molecule has 6 heteroatoms. The fourth-order valence-electron chi connectivity index (χ4n) is 2.56. The highest BCUT2D eigenvalue weighted by molar-refractivity contribution is 14.0. The third-order valence-electron chi connectivity index (χ3n) is 4.06. The van der Waals surface area contributed by atoms with Crippen LogP contribution in [0.4, 0.5) is 0 Å². The van der Waals surface area contributed by atoms with Crippen LogP contribution < -0.4 is 15.4 Å². The summed E-state index contributed by atoms with van der Waals surface area (Å²) in [5.41, 5.74) is 1.25. The van der Waals surface area contributed by atoms with Gasteiger partial charge in [0.05, 0.1) is 13.2 Å². The fourth-order valence-corrected chi connectivity index (χ4v) is 2.56. The first-order chi connectivity index (χ1) is 11.5. The van der Waals surface area contributed by atoms with Crippen LogP contribution in [0.5, 0.6) is 5.75 Å². The second-order valence-corrected chi connectivity index (χ2v) is 6.67. The van der Waals surface area contributed by atoms with Gasteiger partial charge in [-0.2, -0.15) is 0 Å². The summed E-state index contributed by atoms with van der Waals surface area (Å²) in [4.78, 5) is 6.52. The summed E-state index contributed by atoms with van der Waals surface area (Å²) in [5.74, 6) is 2.49. The Bertz CT molecular complexity index is 489. The van der Waals surface area contributed by atoms with Crippen LogP contribution >= 0.6 is 24.0 Å². The van der Waals surface area contributed by atoms with Gasteiger partial charge in [-0.05, 0) is 50.6 Å². The number of benzene rings is 1. The maximum absolute atomic E-state index is 5.24. The summed E-state index contributed by atoms with van der Waals surface area (Å²) < 4.78 is 5.24. The molecule has 0 fully saturated rings. The van der Waals surface area contributed by atoms with E-state index in [2.05, 4.69) is 60.6 Å². The second kappa shape index (κ2) is 13.2. The van der Waals surface area contributed by atoms with Crippen LogP contribution in [0.15, 0.2) is 29.3 Å². The van der Waals surface area contributed by atoms with E-state index in [0.29, 0.717) is 0 Å². The molecule has 2 N–H and O–H groups in total. The Hall–Kier alpha value is -1.02. The summed E-state index contributed by atoms with van der Waals surface area (Å²) in [7, 11) is 7.69. The van der Waals surface area contributed by atoms with Gasteiger partial charge in [-0.1, -0.05) is 26.0 Å². The highest BCUT2D eigenvalue weighted by atomic mass is 127. The molecule has 0 saturated heterocycles. The summed E-state index contributed by atoms with van der Waals surface area (Å²) >= 11 is 0. The van der Waals surface area contributed by atoms with Crippen LogP contribution in [0.2, 0.25) is 0 Å². The van der Waals surface area contributed by atoms with Crippen molar-refractivity contribution in [2.45, 2.75) is 32.7 Å². The van der Waals surface area contributed by atoms with E-state index in [1.165, 1.54) is 12.0 Å². The van der Waals surface area contributed by atoms with Crippen LogP contribution in [-0.2, 0) is 0 Å². The van der Waals surface area contributed by atoms with Crippen LogP contribution in [0.1, 0.15) is 38.3 Å². The fraction of sp³-hybridized carbons (Fsp3) is 0.632. The molecule has 0 saturated carbocycles. The molecule has 5 nitrogen and oxygen atoms in total. The van der Waals surface area contributed by atoms with Crippen LogP contribution in [0.25, 0.3) is 0 Å². The Labute approximate surface area is 170 Å². The van der Waals surface area contributed by atoms with E-state index in [0.717, 1.165) is 37.1 Å². The number of nitrogens with one attached hydrogen (secondary N) is 2. The quantitative estimate of drug-likeness (QED) is 0.255. The predicted octanol–water partition coefficient (Wildman–Crippen LogP) is 3.52. The first kappa shape index (κ1) is 24.0. The first-order valence-corrected chi connectivity index (χ1v) is 8.72. The molecule has 0 aliphatic carbocycles. The average molecular weight is 462 g/mol. The maximum atomic E-state index is 5.24. The van der Waals surface area contributed by atoms with E-state index in [9.17, 15) is 0 Å². The Morgan fingerprint density at radius 1 is 1.16 bits per heavy atom. The SMILES string of the molecule is CN=C(NCCCC(C)C)NCC(c1ccc(OC)cc1)N(C)C.I. The molecular formula is C19H35IN4O. The van der Waals surface area contributed by atoms with Crippen molar-refractivity contribution in [3.63, 3.8) is 0 Å². The van der Waals surface area contributed by atoms with Gasteiger partial charge in [0.2, 0.25) is 0 Å². The molecule has 0 spiro atoms. The topological polar surface area (TPSA) is 48.9 Å². The van der Waals surface area contributed by atoms with Gasteiger partial charge in [0.25, 0.3) is 0 Å². The van der Waals surface area contributed by atoms with Crippen molar-refractivity contribution in [1.82, 2.24) is 15.5 Å². The van der Waals surface area contributed by atoms with Crippen molar-refractivity contribution in [3.05, 3.63) is 29.8 Å². The number of methoxy groups -OCH3 is 1. The molecule has 144 valence electrons. The summed E-state index contributed by atoms with van der Waals surface area (Å²) in [6.07, 6.45) is 2.39. The van der Waals surface area contributed by atoms with Gasteiger partial charge in [-0.3, -0.25) is 4.99 Å². The third kappa shape index (κ3) is 9.30. The van der Waals surface area contributed by atoms with Crippen molar-refractivity contribution < 1.29 is 4.74 Å². The Kier molecular flexibility index (Phi) is 12.7. The van der Waals surface area contributed by atoms with E-state index in [-0.39, 0.29) is 30.0 Å². The molecule has 1 aromatic rings. The normalized spacial score (nSPS) is 12.7. The summed E-state index contributed by atoms with van der Waals surface area (Å²) in [6, 6.07) is 8.51. The molecule has 1 unspecified atom stereocenters.